The lowest BCUT2D eigenvalue weighted by atomic mass is 10.1. The maximum atomic E-state index is 10.5. The topological polar surface area (TPSA) is 43.1 Å². The van der Waals surface area contributed by atoms with E-state index in [1.807, 2.05) is 0 Å². The van der Waals surface area contributed by atoms with Crippen LogP contribution in [0.25, 0.3) is 0 Å². The Balaban J connectivity index is 3.82. The summed E-state index contributed by atoms with van der Waals surface area (Å²) in [5.41, 5.74) is 5.02. The Morgan fingerprint density at radius 3 is 2.55 bits per heavy atom. The van der Waals surface area contributed by atoms with Crippen molar-refractivity contribution in [1.29, 1.82) is 0 Å². The molecule has 0 heterocycles. The first kappa shape index (κ1) is 9.69. The van der Waals surface area contributed by atoms with E-state index in [0.29, 0.717) is 0 Å². The van der Waals surface area contributed by atoms with Gasteiger partial charge in [0.2, 0.25) is 5.91 Å². The maximum absolute atomic E-state index is 10.5. The monoisotopic (exact) mass is 151 g/mol. The normalized spacial score (nSPS) is 13.9. The molecule has 0 spiro atoms. The van der Waals surface area contributed by atoms with Gasteiger partial charge in [-0.1, -0.05) is 43.9 Å². The third-order valence-electron chi connectivity index (χ3n) is 1.21. The lowest BCUT2D eigenvalue weighted by Gasteiger charge is -1.95. The molecule has 1 amide bonds. The zero-order valence-corrected chi connectivity index (χ0v) is 6.66. The molecule has 0 aromatic carbocycles. The molecular formula is C9H13NO. The number of primary amides is 1. The molecule has 0 bridgehead atoms. The van der Waals surface area contributed by atoms with Crippen molar-refractivity contribution in [2.45, 2.75) is 6.92 Å². The van der Waals surface area contributed by atoms with Crippen molar-refractivity contribution < 1.29 is 4.79 Å². The zero-order valence-electron chi connectivity index (χ0n) is 6.66. The molecule has 11 heavy (non-hydrogen) atoms. The van der Waals surface area contributed by atoms with Crippen LogP contribution in [0.3, 0.4) is 0 Å². The first-order valence-corrected chi connectivity index (χ1v) is 3.43. The lowest BCUT2D eigenvalue weighted by Crippen LogP contribution is -2.18. The number of rotatable bonds is 4. The molecule has 2 N–H and O–H groups in total. The van der Waals surface area contributed by atoms with Crippen LogP contribution in [0.5, 0.6) is 0 Å². The SMILES string of the molecule is C=CC=CC=CC(C)C(N)=O. The van der Waals surface area contributed by atoms with Gasteiger partial charge >= 0.3 is 0 Å². The van der Waals surface area contributed by atoms with E-state index in [4.69, 9.17) is 5.73 Å². The third-order valence-corrected chi connectivity index (χ3v) is 1.21. The Morgan fingerprint density at radius 1 is 1.45 bits per heavy atom. The van der Waals surface area contributed by atoms with Gasteiger partial charge in [-0.15, -0.1) is 0 Å². The predicted octanol–water partition coefficient (Wildman–Crippen LogP) is 1.41. The molecule has 0 saturated carbocycles. The second kappa shape index (κ2) is 5.47. The van der Waals surface area contributed by atoms with E-state index in [-0.39, 0.29) is 11.8 Å². The first-order chi connectivity index (χ1) is 5.18. The van der Waals surface area contributed by atoms with Crippen molar-refractivity contribution in [2.75, 3.05) is 0 Å². The molecule has 1 atom stereocenters. The minimum atomic E-state index is -0.312. The molecule has 1 unspecified atom stereocenters. The molecule has 2 heteroatoms. The number of hydrogen-bond acceptors (Lipinski definition) is 1. The fraction of sp³-hybridized carbons (Fsp3) is 0.222. The smallest absolute Gasteiger partial charge is 0.224 e. The molecule has 0 aliphatic carbocycles. The van der Waals surface area contributed by atoms with Gasteiger partial charge in [0.15, 0.2) is 0 Å². The second-order valence-electron chi connectivity index (χ2n) is 2.20. The highest BCUT2D eigenvalue weighted by Crippen LogP contribution is 1.94. The number of hydrogen-bond donors (Lipinski definition) is 1. The average Bonchev–Trinajstić information content (AvgIpc) is 1.97. The molecule has 0 aliphatic rings. The summed E-state index contributed by atoms with van der Waals surface area (Å²) in [6.07, 6.45) is 8.76. The van der Waals surface area contributed by atoms with Gasteiger partial charge in [-0.3, -0.25) is 4.79 Å². The summed E-state index contributed by atoms with van der Waals surface area (Å²) in [6.45, 7) is 5.25. The van der Waals surface area contributed by atoms with Crippen LogP contribution in [-0.2, 0) is 4.79 Å². The Bertz CT molecular complexity index is 192. The molecule has 0 aromatic rings. The van der Waals surface area contributed by atoms with Crippen LogP contribution in [0.4, 0.5) is 0 Å². The molecule has 0 aromatic heterocycles. The molecular weight excluding hydrogens is 138 g/mol. The van der Waals surface area contributed by atoms with Gasteiger partial charge in [0.1, 0.15) is 0 Å². The number of carbonyl (C=O) groups excluding carboxylic acids is 1. The van der Waals surface area contributed by atoms with Crippen LogP contribution < -0.4 is 5.73 Å². The number of allylic oxidation sites excluding steroid dienone is 4. The van der Waals surface area contributed by atoms with Crippen LogP contribution in [0.2, 0.25) is 0 Å². The second-order valence-corrected chi connectivity index (χ2v) is 2.20. The highest BCUT2D eigenvalue weighted by atomic mass is 16.1. The highest BCUT2D eigenvalue weighted by Gasteiger charge is 2.00. The van der Waals surface area contributed by atoms with Crippen LogP contribution in [0.1, 0.15) is 6.92 Å². The van der Waals surface area contributed by atoms with Gasteiger partial charge in [0, 0.05) is 0 Å². The number of amides is 1. The van der Waals surface area contributed by atoms with Crippen molar-refractivity contribution >= 4 is 5.91 Å². The molecule has 0 saturated heterocycles. The van der Waals surface area contributed by atoms with Crippen molar-refractivity contribution in [3.8, 4) is 0 Å². The van der Waals surface area contributed by atoms with E-state index in [2.05, 4.69) is 6.58 Å². The Kier molecular flexibility index (Phi) is 4.82. The van der Waals surface area contributed by atoms with Crippen molar-refractivity contribution in [1.82, 2.24) is 0 Å². The Labute approximate surface area is 67.1 Å². The van der Waals surface area contributed by atoms with Gasteiger partial charge in [-0.25, -0.2) is 0 Å². The summed E-state index contributed by atoms with van der Waals surface area (Å²) < 4.78 is 0. The van der Waals surface area contributed by atoms with Crippen molar-refractivity contribution in [3.63, 3.8) is 0 Å². The molecule has 0 rings (SSSR count). The standard InChI is InChI=1S/C9H13NO/c1-3-4-5-6-7-8(2)9(10)11/h3-8H,1H2,2H3,(H2,10,11). The van der Waals surface area contributed by atoms with Crippen molar-refractivity contribution in [2.24, 2.45) is 11.7 Å². The fourth-order valence-corrected chi connectivity index (χ4v) is 0.468. The lowest BCUT2D eigenvalue weighted by molar-refractivity contribution is -0.120. The molecule has 0 fully saturated rings. The minimum absolute atomic E-state index is 0.204. The molecule has 0 aliphatic heterocycles. The number of carbonyl (C=O) groups is 1. The summed E-state index contributed by atoms with van der Waals surface area (Å²) in [6, 6.07) is 0. The minimum Gasteiger partial charge on any atom is -0.369 e. The molecule has 60 valence electrons. The fourth-order valence-electron chi connectivity index (χ4n) is 0.468. The van der Waals surface area contributed by atoms with Gasteiger partial charge in [0.05, 0.1) is 5.92 Å². The van der Waals surface area contributed by atoms with Crippen LogP contribution in [-0.4, -0.2) is 5.91 Å². The largest absolute Gasteiger partial charge is 0.369 e. The van der Waals surface area contributed by atoms with Gasteiger partial charge < -0.3 is 5.73 Å². The summed E-state index contributed by atoms with van der Waals surface area (Å²) >= 11 is 0. The number of nitrogens with two attached hydrogens (primary N) is 1. The van der Waals surface area contributed by atoms with Gasteiger partial charge in [0.25, 0.3) is 0 Å². The third kappa shape index (κ3) is 5.15. The van der Waals surface area contributed by atoms with E-state index in [0.717, 1.165) is 0 Å². The zero-order chi connectivity index (χ0) is 8.69. The molecule has 2 nitrogen and oxygen atoms in total. The predicted molar refractivity (Wildman–Crippen MR) is 46.8 cm³/mol. The van der Waals surface area contributed by atoms with Gasteiger partial charge in [-0.05, 0) is 0 Å². The first-order valence-electron chi connectivity index (χ1n) is 3.43. The van der Waals surface area contributed by atoms with Crippen molar-refractivity contribution in [3.05, 3.63) is 37.0 Å². The summed E-state index contributed by atoms with van der Waals surface area (Å²) in [5, 5.41) is 0. The van der Waals surface area contributed by atoms with Gasteiger partial charge in [-0.2, -0.15) is 0 Å². The van der Waals surface area contributed by atoms with E-state index in [1.54, 1.807) is 37.3 Å². The average molecular weight is 151 g/mol. The Morgan fingerprint density at radius 2 is 2.09 bits per heavy atom. The highest BCUT2D eigenvalue weighted by molar-refractivity contribution is 5.78. The van der Waals surface area contributed by atoms with E-state index in [1.165, 1.54) is 0 Å². The summed E-state index contributed by atoms with van der Waals surface area (Å²) in [5.74, 6) is -0.516. The van der Waals surface area contributed by atoms with Crippen LogP contribution in [0, 0.1) is 5.92 Å². The van der Waals surface area contributed by atoms with Crippen LogP contribution in [0.15, 0.2) is 37.0 Å². The quantitative estimate of drug-likeness (QED) is 0.606. The maximum Gasteiger partial charge on any atom is 0.224 e. The molecule has 0 radical (unpaired) electrons. The van der Waals surface area contributed by atoms with E-state index < -0.39 is 0 Å². The van der Waals surface area contributed by atoms with Crippen LogP contribution >= 0.6 is 0 Å². The van der Waals surface area contributed by atoms with E-state index >= 15 is 0 Å². The summed E-state index contributed by atoms with van der Waals surface area (Å²) in [4.78, 5) is 10.5. The Hall–Kier alpha value is -1.31. The summed E-state index contributed by atoms with van der Waals surface area (Å²) in [7, 11) is 0. The van der Waals surface area contributed by atoms with E-state index in [9.17, 15) is 4.79 Å².